The largest absolute Gasteiger partial charge is 0.459 e. The van der Waals surface area contributed by atoms with E-state index in [1.54, 1.807) is 18.2 Å². The van der Waals surface area contributed by atoms with Crippen LogP contribution in [0.5, 0.6) is 0 Å². The van der Waals surface area contributed by atoms with Gasteiger partial charge in [-0.15, -0.1) is 0 Å². The minimum atomic E-state index is -0.543. The van der Waals surface area contributed by atoms with Crippen molar-refractivity contribution in [3.63, 3.8) is 0 Å². The van der Waals surface area contributed by atoms with E-state index in [2.05, 4.69) is 15.6 Å². The van der Waals surface area contributed by atoms with Crippen LogP contribution in [0.25, 0.3) is 0 Å². The van der Waals surface area contributed by atoms with Crippen LogP contribution in [0.15, 0.2) is 51.7 Å². The Hall–Kier alpha value is -2.77. The molecule has 0 aliphatic rings. The zero-order chi connectivity index (χ0) is 17.1. The number of oxazole rings is 1. The van der Waals surface area contributed by atoms with Crippen molar-refractivity contribution in [1.29, 1.82) is 0 Å². The molecule has 0 saturated heterocycles. The number of benzene rings is 1. The molecule has 2 heterocycles. The van der Waals surface area contributed by atoms with Gasteiger partial charge in [-0.3, -0.25) is 14.9 Å². The smallest absolute Gasteiger partial charge is 0.302 e. The molecule has 1 aromatic carbocycles. The van der Waals surface area contributed by atoms with Crippen LogP contribution in [-0.4, -0.2) is 16.8 Å². The fraction of sp³-hybridized carbons (Fsp3) is 0. The first-order valence-electron chi connectivity index (χ1n) is 6.60. The Morgan fingerprint density at radius 3 is 2.54 bits per heavy atom. The lowest BCUT2D eigenvalue weighted by atomic mass is 10.3. The SMILES string of the molecule is O=C(Nc1ccc(Cl)c(Cl)c1)c1coc(NC(=O)c2ccco2)n1. The van der Waals surface area contributed by atoms with Crippen LogP contribution in [0.2, 0.25) is 10.0 Å². The summed E-state index contributed by atoms with van der Waals surface area (Å²) >= 11 is 11.7. The first-order valence-corrected chi connectivity index (χ1v) is 7.35. The number of hydrogen-bond donors (Lipinski definition) is 2. The predicted octanol–water partition coefficient (Wildman–Crippen LogP) is 4.08. The van der Waals surface area contributed by atoms with E-state index in [9.17, 15) is 9.59 Å². The average Bonchev–Trinajstić information content (AvgIpc) is 3.22. The number of nitrogens with one attached hydrogen (secondary N) is 2. The van der Waals surface area contributed by atoms with Gasteiger partial charge >= 0.3 is 6.01 Å². The first-order chi connectivity index (χ1) is 11.5. The Balaban J connectivity index is 1.67. The maximum atomic E-state index is 12.1. The highest BCUT2D eigenvalue weighted by molar-refractivity contribution is 6.42. The summed E-state index contributed by atoms with van der Waals surface area (Å²) in [6.45, 7) is 0. The molecule has 2 aromatic heterocycles. The number of halogens is 2. The highest BCUT2D eigenvalue weighted by Gasteiger charge is 2.16. The van der Waals surface area contributed by atoms with Crippen molar-refractivity contribution in [3.8, 4) is 0 Å². The van der Waals surface area contributed by atoms with E-state index in [0.29, 0.717) is 15.7 Å². The molecule has 2 N–H and O–H groups in total. The zero-order valence-corrected chi connectivity index (χ0v) is 13.4. The summed E-state index contributed by atoms with van der Waals surface area (Å²) in [6, 6.07) is 7.57. The lowest BCUT2D eigenvalue weighted by molar-refractivity contribution is 0.0990. The van der Waals surface area contributed by atoms with Gasteiger partial charge in [-0.1, -0.05) is 23.2 Å². The van der Waals surface area contributed by atoms with Crippen molar-refractivity contribution in [1.82, 2.24) is 4.98 Å². The molecule has 0 fully saturated rings. The van der Waals surface area contributed by atoms with E-state index in [0.717, 1.165) is 6.26 Å². The second-order valence-corrected chi connectivity index (χ2v) is 5.37. The van der Waals surface area contributed by atoms with Gasteiger partial charge in [0.05, 0.1) is 16.3 Å². The molecular weight excluding hydrogens is 357 g/mol. The number of rotatable bonds is 4. The number of hydrogen-bond acceptors (Lipinski definition) is 5. The molecule has 24 heavy (non-hydrogen) atoms. The Labute approximate surface area is 145 Å². The molecule has 0 aliphatic heterocycles. The van der Waals surface area contributed by atoms with E-state index >= 15 is 0 Å². The summed E-state index contributed by atoms with van der Waals surface area (Å²) in [7, 11) is 0. The van der Waals surface area contributed by atoms with Crippen molar-refractivity contribution in [2.75, 3.05) is 10.6 Å². The fourth-order valence-electron chi connectivity index (χ4n) is 1.77. The Bertz CT molecular complexity index is 890. The molecule has 0 unspecified atom stereocenters. The molecule has 122 valence electrons. The maximum Gasteiger partial charge on any atom is 0.302 e. The van der Waals surface area contributed by atoms with E-state index in [1.807, 2.05) is 0 Å². The van der Waals surface area contributed by atoms with E-state index in [1.165, 1.54) is 18.4 Å². The fourth-order valence-corrected chi connectivity index (χ4v) is 2.07. The van der Waals surface area contributed by atoms with Gasteiger partial charge in [-0.25, -0.2) is 0 Å². The molecule has 0 aliphatic carbocycles. The number of nitrogens with zero attached hydrogens (tertiary/aromatic N) is 1. The summed E-state index contributed by atoms with van der Waals surface area (Å²) in [6.07, 6.45) is 2.48. The number of anilines is 2. The van der Waals surface area contributed by atoms with Gasteiger partial charge in [0.15, 0.2) is 11.5 Å². The molecule has 3 aromatic rings. The van der Waals surface area contributed by atoms with E-state index < -0.39 is 11.8 Å². The highest BCUT2D eigenvalue weighted by atomic mass is 35.5. The van der Waals surface area contributed by atoms with Crippen molar-refractivity contribution in [2.24, 2.45) is 0 Å². The molecular formula is C15H9Cl2N3O4. The van der Waals surface area contributed by atoms with Gasteiger partial charge in [-0.05, 0) is 30.3 Å². The number of aromatic nitrogens is 1. The van der Waals surface area contributed by atoms with Crippen LogP contribution in [-0.2, 0) is 0 Å². The molecule has 0 radical (unpaired) electrons. The number of carbonyl (C=O) groups is 2. The minimum absolute atomic E-state index is 0.0178. The monoisotopic (exact) mass is 365 g/mol. The molecule has 2 amide bonds. The highest BCUT2D eigenvalue weighted by Crippen LogP contribution is 2.25. The van der Waals surface area contributed by atoms with Crippen molar-refractivity contribution >= 4 is 46.7 Å². The summed E-state index contributed by atoms with van der Waals surface area (Å²) in [5.41, 5.74) is 0.425. The van der Waals surface area contributed by atoms with Crippen LogP contribution in [0.1, 0.15) is 21.0 Å². The predicted molar refractivity (Wildman–Crippen MR) is 87.6 cm³/mol. The van der Waals surface area contributed by atoms with Crippen LogP contribution in [0.3, 0.4) is 0 Å². The van der Waals surface area contributed by atoms with Gasteiger partial charge in [0, 0.05) is 5.69 Å². The van der Waals surface area contributed by atoms with Gasteiger partial charge in [0.1, 0.15) is 6.26 Å². The third kappa shape index (κ3) is 3.58. The number of amides is 2. The molecule has 0 spiro atoms. The standard InChI is InChI=1S/C15H9Cl2N3O4/c16-9-4-3-8(6-10(9)17)18-13(21)11-7-24-15(19-11)20-14(22)12-2-1-5-23-12/h1-7H,(H,18,21)(H,19,20,22). The summed E-state index contributed by atoms with van der Waals surface area (Å²) in [4.78, 5) is 27.8. The van der Waals surface area contributed by atoms with Crippen molar-refractivity contribution < 1.29 is 18.4 Å². The van der Waals surface area contributed by atoms with Gasteiger partial charge in [0.2, 0.25) is 0 Å². The molecule has 0 bridgehead atoms. The number of carbonyl (C=O) groups excluding carboxylic acids is 2. The third-order valence-electron chi connectivity index (χ3n) is 2.88. The Morgan fingerprint density at radius 2 is 1.83 bits per heavy atom. The van der Waals surface area contributed by atoms with Crippen LogP contribution in [0.4, 0.5) is 11.7 Å². The molecule has 3 rings (SSSR count). The van der Waals surface area contributed by atoms with E-state index in [4.69, 9.17) is 32.0 Å². The molecule has 9 heteroatoms. The molecule has 0 saturated carbocycles. The second-order valence-electron chi connectivity index (χ2n) is 4.55. The Morgan fingerprint density at radius 1 is 1.00 bits per heavy atom. The van der Waals surface area contributed by atoms with Gasteiger partial charge < -0.3 is 14.2 Å². The quantitative estimate of drug-likeness (QED) is 0.725. The topological polar surface area (TPSA) is 97.4 Å². The average molecular weight is 366 g/mol. The van der Waals surface area contributed by atoms with Crippen LogP contribution >= 0.6 is 23.2 Å². The van der Waals surface area contributed by atoms with Crippen LogP contribution < -0.4 is 10.6 Å². The zero-order valence-electron chi connectivity index (χ0n) is 11.9. The Kier molecular flexibility index (Phi) is 4.54. The molecule has 0 atom stereocenters. The van der Waals surface area contributed by atoms with Gasteiger partial charge in [0.25, 0.3) is 11.8 Å². The molecule has 7 nitrogen and oxygen atoms in total. The van der Waals surface area contributed by atoms with Gasteiger partial charge in [-0.2, -0.15) is 4.98 Å². The van der Waals surface area contributed by atoms with E-state index in [-0.39, 0.29) is 17.5 Å². The third-order valence-corrected chi connectivity index (χ3v) is 3.62. The minimum Gasteiger partial charge on any atom is -0.459 e. The normalized spacial score (nSPS) is 10.4. The summed E-state index contributed by atoms with van der Waals surface area (Å²) in [5, 5.41) is 5.64. The summed E-state index contributed by atoms with van der Waals surface area (Å²) in [5.74, 6) is -0.982. The maximum absolute atomic E-state index is 12.1. The van der Waals surface area contributed by atoms with Crippen LogP contribution in [0, 0.1) is 0 Å². The lowest BCUT2D eigenvalue weighted by Gasteiger charge is -2.04. The summed E-state index contributed by atoms with van der Waals surface area (Å²) < 4.78 is 9.98. The lowest BCUT2D eigenvalue weighted by Crippen LogP contribution is -2.14. The van der Waals surface area contributed by atoms with Crippen molar-refractivity contribution in [3.05, 3.63) is 64.4 Å². The first kappa shape index (κ1) is 16.1. The van der Waals surface area contributed by atoms with Crippen molar-refractivity contribution in [2.45, 2.75) is 0 Å². The number of furan rings is 1. The second kappa shape index (κ2) is 6.77.